The number of hydrogen-bond donors (Lipinski definition) is 2. The largest absolute Gasteiger partial charge is 0.357 e. The van der Waals surface area contributed by atoms with Crippen LogP contribution in [-0.4, -0.2) is 38.4 Å². The highest BCUT2D eigenvalue weighted by molar-refractivity contribution is 5.79. The van der Waals surface area contributed by atoms with Gasteiger partial charge in [-0.25, -0.2) is 4.99 Å². The van der Waals surface area contributed by atoms with E-state index in [0.29, 0.717) is 6.54 Å². The fraction of sp³-hybridized carbons (Fsp3) is 0.632. The molecule has 0 amide bonds. The van der Waals surface area contributed by atoms with E-state index in [0.717, 1.165) is 50.7 Å². The van der Waals surface area contributed by atoms with Gasteiger partial charge >= 0.3 is 0 Å². The monoisotopic (exact) mass is 357 g/mol. The van der Waals surface area contributed by atoms with Gasteiger partial charge in [-0.05, 0) is 37.8 Å². The average molecular weight is 358 g/mol. The van der Waals surface area contributed by atoms with Crippen LogP contribution >= 0.6 is 0 Å². The zero-order valence-corrected chi connectivity index (χ0v) is 16.0. The minimum atomic E-state index is 0.688. The lowest BCUT2D eigenvalue weighted by Crippen LogP contribution is -2.37. The summed E-state index contributed by atoms with van der Waals surface area (Å²) in [4.78, 5) is 4.66. The third-order valence-corrected chi connectivity index (χ3v) is 4.71. The van der Waals surface area contributed by atoms with E-state index >= 15 is 0 Å². The van der Waals surface area contributed by atoms with Crippen molar-refractivity contribution in [3.05, 3.63) is 35.7 Å². The second-order valence-electron chi connectivity index (χ2n) is 6.91. The van der Waals surface area contributed by atoms with E-state index in [1.165, 1.54) is 30.7 Å². The molecule has 1 aliphatic rings. The predicted octanol–water partition coefficient (Wildman–Crippen LogP) is 2.03. The molecular weight excluding hydrogens is 326 g/mol. The number of nitrogens with zero attached hydrogens (tertiary/aromatic N) is 5. The molecule has 0 radical (unpaired) electrons. The first-order valence-electron chi connectivity index (χ1n) is 9.80. The highest BCUT2D eigenvalue weighted by Gasteiger charge is 2.14. The summed E-state index contributed by atoms with van der Waals surface area (Å²) in [7, 11) is 2.03. The van der Waals surface area contributed by atoms with E-state index in [1.807, 2.05) is 17.8 Å². The van der Waals surface area contributed by atoms with Crippen molar-refractivity contribution in [2.45, 2.75) is 58.5 Å². The van der Waals surface area contributed by atoms with Crippen LogP contribution in [0.2, 0.25) is 0 Å². The Bertz CT molecular complexity index is 713. The summed E-state index contributed by atoms with van der Waals surface area (Å²) in [6.07, 6.45) is 11.0. The van der Waals surface area contributed by atoms with Crippen LogP contribution in [0.1, 0.15) is 49.8 Å². The highest BCUT2D eigenvalue weighted by atomic mass is 15.3. The average Bonchev–Trinajstić information content (AvgIpc) is 3.14. The number of rotatable bonds is 7. The molecule has 0 unspecified atom stereocenters. The molecule has 0 bridgehead atoms. The van der Waals surface area contributed by atoms with Gasteiger partial charge in [-0.1, -0.05) is 6.42 Å². The van der Waals surface area contributed by atoms with Crippen LogP contribution in [-0.2, 0) is 33.0 Å². The Hall–Kier alpha value is -2.31. The fourth-order valence-electron chi connectivity index (χ4n) is 3.35. The Morgan fingerprint density at radius 2 is 2.15 bits per heavy atom. The summed E-state index contributed by atoms with van der Waals surface area (Å²) in [5, 5.41) is 15.5. The van der Waals surface area contributed by atoms with E-state index in [1.54, 1.807) is 0 Å². The summed E-state index contributed by atoms with van der Waals surface area (Å²) >= 11 is 0. The third kappa shape index (κ3) is 5.09. The summed E-state index contributed by atoms with van der Waals surface area (Å²) in [5.74, 6) is 3.18. The van der Waals surface area contributed by atoms with Crippen LogP contribution in [0.15, 0.2) is 23.5 Å². The smallest absolute Gasteiger partial charge is 0.191 e. The second-order valence-corrected chi connectivity index (χ2v) is 6.91. The lowest BCUT2D eigenvalue weighted by atomic mass is 10.2. The molecular formula is C19H31N7. The Morgan fingerprint density at radius 3 is 2.96 bits per heavy atom. The Kier molecular flexibility index (Phi) is 6.68. The van der Waals surface area contributed by atoms with Gasteiger partial charge in [0.05, 0.1) is 6.54 Å². The molecule has 0 spiro atoms. The van der Waals surface area contributed by atoms with E-state index in [4.69, 9.17) is 0 Å². The van der Waals surface area contributed by atoms with Crippen LogP contribution < -0.4 is 10.6 Å². The molecule has 0 atom stereocenters. The first kappa shape index (κ1) is 18.5. The molecule has 2 aromatic rings. The molecule has 7 nitrogen and oxygen atoms in total. The molecule has 0 saturated carbocycles. The van der Waals surface area contributed by atoms with E-state index in [9.17, 15) is 0 Å². The number of fused-ring (bicyclic) bond motifs is 1. The second kappa shape index (κ2) is 9.40. The van der Waals surface area contributed by atoms with E-state index in [2.05, 4.69) is 49.6 Å². The van der Waals surface area contributed by atoms with Gasteiger partial charge in [0, 0.05) is 51.9 Å². The minimum Gasteiger partial charge on any atom is -0.357 e. The van der Waals surface area contributed by atoms with Gasteiger partial charge in [0.25, 0.3) is 0 Å². The van der Waals surface area contributed by atoms with Gasteiger partial charge in [-0.15, -0.1) is 10.2 Å². The van der Waals surface area contributed by atoms with Crippen LogP contribution in [0, 0.1) is 0 Å². The maximum Gasteiger partial charge on any atom is 0.191 e. The quantitative estimate of drug-likeness (QED) is 0.452. The maximum absolute atomic E-state index is 4.66. The number of aryl methyl sites for hydroxylation is 3. The van der Waals surface area contributed by atoms with Crippen molar-refractivity contribution in [2.75, 3.05) is 13.1 Å². The topological polar surface area (TPSA) is 72.1 Å². The first-order valence-corrected chi connectivity index (χ1v) is 9.80. The molecule has 142 valence electrons. The van der Waals surface area contributed by atoms with Gasteiger partial charge < -0.3 is 19.8 Å². The Labute approximate surface area is 155 Å². The van der Waals surface area contributed by atoms with Crippen LogP contribution in [0.5, 0.6) is 0 Å². The standard InChI is InChI=1S/C19H31N7/c1-3-20-19(22-14-16-10-13-25(2)15-16)21-11-7-9-18-24-23-17-8-5-4-6-12-26(17)18/h10,13,15H,3-9,11-12,14H2,1-2H3,(H2,20,21,22). The zero-order valence-electron chi connectivity index (χ0n) is 16.0. The van der Waals surface area contributed by atoms with Gasteiger partial charge in [-0.2, -0.15) is 0 Å². The third-order valence-electron chi connectivity index (χ3n) is 4.71. The van der Waals surface area contributed by atoms with Crippen molar-refractivity contribution < 1.29 is 0 Å². The number of guanidine groups is 1. The highest BCUT2D eigenvalue weighted by Crippen LogP contribution is 2.15. The maximum atomic E-state index is 4.66. The van der Waals surface area contributed by atoms with Crippen molar-refractivity contribution in [3.8, 4) is 0 Å². The van der Waals surface area contributed by atoms with Crippen molar-refractivity contribution in [1.82, 2.24) is 30.0 Å². The van der Waals surface area contributed by atoms with Crippen molar-refractivity contribution >= 4 is 5.96 Å². The molecule has 2 aromatic heterocycles. The first-order chi connectivity index (χ1) is 12.8. The lowest BCUT2D eigenvalue weighted by molar-refractivity contribution is 0.594. The Morgan fingerprint density at radius 1 is 1.23 bits per heavy atom. The number of hydrogen-bond acceptors (Lipinski definition) is 3. The molecule has 26 heavy (non-hydrogen) atoms. The molecule has 0 fully saturated rings. The molecule has 1 aliphatic heterocycles. The SMILES string of the molecule is CCNC(=NCc1ccn(C)c1)NCCCc1nnc2n1CCCCC2. The summed E-state index contributed by atoms with van der Waals surface area (Å²) < 4.78 is 4.38. The van der Waals surface area contributed by atoms with E-state index in [-0.39, 0.29) is 0 Å². The van der Waals surface area contributed by atoms with Crippen molar-refractivity contribution in [2.24, 2.45) is 12.0 Å². The number of aliphatic imine (C=N–C) groups is 1. The zero-order chi connectivity index (χ0) is 18.2. The van der Waals surface area contributed by atoms with Crippen LogP contribution in [0.3, 0.4) is 0 Å². The van der Waals surface area contributed by atoms with Crippen molar-refractivity contribution in [1.29, 1.82) is 0 Å². The van der Waals surface area contributed by atoms with Crippen molar-refractivity contribution in [3.63, 3.8) is 0 Å². The van der Waals surface area contributed by atoms with Gasteiger partial charge in [0.1, 0.15) is 11.6 Å². The van der Waals surface area contributed by atoms with E-state index < -0.39 is 0 Å². The summed E-state index contributed by atoms with van der Waals surface area (Å²) in [6.45, 7) is 5.59. The summed E-state index contributed by atoms with van der Waals surface area (Å²) in [5.41, 5.74) is 1.22. The normalized spacial score (nSPS) is 14.8. The molecule has 2 N–H and O–H groups in total. The molecule has 0 aromatic carbocycles. The fourth-order valence-corrected chi connectivity index (χ4v) is 3.35. The van der Waals surface area contributed by atoms with Gasteiger partial charge in [0.2, 0.25) is 0 Å². The number of nitrogens with one attached hydrogen (secondary N) is 2. The molecule has 3 rings (SSSR count). The predicted molar refractivity (Wildman–Crippen MR) is 104 cm³/mol. The molecule has 7 heteroatoms. The van der Waals surface area contributed by atoms with Crippen LogP contribution in [0.25, 0.3) is 0 Å². The molecule has 0 saturated heterocycles. The van der Waals surface area contributed by atoms with Gasteiger partial charge in [0.15, 0.2) is 5.96 Å². The number of aromatic nitrogens is 4. The van der Waals surface area contributed by atoms with Crippen LogP contribution in [0.4, 0.5) is 0 Å². The molecule has 0 aliphatic carbocycles. The molecule has 3 heterocycles. The van der Waals surface area contributed by atoms with Gasteiger partial charge in [-0.3, -0.25) is 0 Å². The summed E-state index contributed by atoms with van der Waals surface area (Å²) in [6, 6.07) is 2.10. The lowest BCUT2D eigenvalue weighted by Gasteiger charge is -2.11. The minimum absolute atomic E-state index is 0.688. The Balaban J connectivity index is 1.47.